The SMILES string of the molecule is C=Cc1ccc(COCc2ccc(-c3nnc(-c4ccc(-c5ccccn5)cc4)n3-c3ccc(C(C)(C)C)cc3)cc2)cc1. The number of hydrogen-bond acceptors (Lipinski definition) is 4. The van der Waals surface area contributed by atoms with Crippen LogP contribution in [0.25, 0.3) is 45.8 Å². The van der Waals surface area contributed by atoms with Crippen LogP contribution >= 0.6 is 0 Å². The molecular weight excluding hydrogens is 540 g/mol. The summed E-state index contributed by atoms with van der Waals surface area (Å²) >= 11 is 0. The standard InChI is InChI=1S/C39H36N4O/c1-5-28-9-11-29(12-10-28)26-44-27-30-13-15-32(16-14-30)37-41-42-38(43(37)35-23-21-34(22-24-35)39(2,3)4)33-19-17-31(18-20-33)36-8-6-7-25-40-36/h5-25H,1,26-27H2,2-4H3. The second kappa shape index (κ2) is 12.6. The maximum absolute atomic E-state index is 6.00. The van der Waals surface area contributed by atoms with Gasteiger partial charge in [0.1, 0.15) is 0 Å². The average molecular weight is 577 g/mol. The first-order valence-corrected chi connectivity index (χ1v) is 14.9. The van der Waals surface area contributed by atoms with Gasteiger partial charge in [-0.3, -0.25) is 9.55 Å². The van der Waals surface area contributed by atoms with Crippen LogP contribution in [0.1, 0.15) is 43.0 Å². The number of hydrogen-bond donors (Lipinski definition) is 0. The summed E-state index contributed by atoms with van der Waals surface area (Å²) in [5.74, 6) is 1.57. The molecule has 0 saturated heterocycles. The van der Waals surface area contributed by atoms with Crippen molar-refractivity contribution in [1.29, 1.82) is 0 Å². The summed E-state index contributed by atoms with van der Waals surface area (Å²) < 4.78 is 8.14. The van der Waals surface area contributed by atoms with E-state index in [9.17, 15) is 0 Å². The van der Waals surface area contributed by atoms with E-state index in [1.54, 1.807) is 0 Å². The van der Waals surface area contributed by atoms with Gasteiger partial charge >= 0.3 is 0 Å². The summed E-state index contributed by atoms with van der Waals surface area (Å²) in [6.07, 6.45) is 3.66. The molecule has 4 aromatic carbocycles. The quantitative estimate of drug-likeness (QED) is 0.172. The number of ether oxygens (including phenoxy) is 1. The van der Waals surface area contributed by atoms with E-state index in [4.69, 9.17) is 14.9 Å². The van der Waals surface area contributed by atoms with Crippen LogP contribution in [-0.4, -0.2) is 19.7 Å². The predicted octanol–water partition coefficient (Wildman–Crippen LogP) is 9.32. The normalized spacial score (nSPS) is 11.4. The van der Waals surface area contributed by atoms with Crippen LogP contribution in [0, 0.1) is 0 Å². The minimum absolute atomic E-state index is 0.0611. The van der Waals surface area contributed by atoms with Gasteiger partial charge in [-0.05, 0) is 51.9 Å². The molecule has 0 N–H and O–H groups in total. The Morgan fingerprint density at radius 1 is 0.659 bits per heavy atom. The lowest BCUT2D eigenvalue weighted by Crippen LogP contribution is -2.11. The van der Waals surface area contributed by atoms with Gasteiger partial charge in [-0.25, -0.2) is 0 Å². The van der Waals surface area contributed by atoms with Crippen LogP contribution in [0.2, 0.25) is 0 Å². The molecule has 5 nitrogen and oxygen atoms in total. The van der Waals surface area contributed by atoms with Crippen molar-refractivity contribution in [2.45, 2.75) is 39.4 Å². The molecule has 44 heavy (non-hydrogen) atoms. The van der Waals surface area contributed by atoms with E-state index in [1.165, 1.54) is 5.56 Å². The molecule has 0 aliphatic rings. The molecule has 0 fully saturated rings. The van der Waals surface area contributed by atoms with Crippen molar-refractivity contribution in [3.05, 3.63) is 150 Å². The summed E-state index contributed by atoms with van der Waals surface area (Å²) in [5.41, 5.74) is 9.65. The number of benzene rings is 4. The van der Waals surface area contributed by atoms with E-state index in [-0.39, 0.29) is 5.41 Å². The number of aromatic nitrogens is 4. The minimum atomic E-state index is 0.0611. The molecule has 0 amide bonds. The second-order valence-electron chi connectivity index (χ2n) is 11.9. The van der Waals surface area contributed by atoms with Crippen molar-refractivity contribution in [3.63, 3.8) is 0 Å². The number of pyridine rings is 1. The zero-order valence-electron chi connectivity index (χ0n) is 25.4. The average Bonchev–Trinajstić information content (AvgIpc) is 3.51. The van der Waals surface area contributed by atoms with Gasteiger partial charge in [-0.2, -0.15) is 0 Å². The minimum Gasteiger partial charge on any atom is -0.372 e. The first-order chi connectivity index (χ1) is 21.4. The highest BCUT2D eigenvalue weighted by Gasteiger charge is 2.19. The Morgan fingerprint density at radius 2 is 1.20 bits per heavy atom. The van der Waals surface area contributed by atoms with E-state index in [0.29, 0.717) is 13.2 Å². The molecule has 6 aromatic rings. The van der Waals surface area contributed by atoms with Gasteiger partial charge in [-0.15, -0.1) is 10.2 Å². The molecular formula is C39H36N4O. The molecule has 2 heterocycles. The number of rotatable bonds is 9. The van der Waals surface area contributed by atoms with Crippen LogP contribution in [0.5, 0.6) is 0 Å². The third-order valence-electron chi connectivity index (χ3n) is 7.72. The molecule has 0 spiro atoms. The highest BCUT2D eigenvalue weighted by molar-refractivity contribution is 5.70. The van der Waals surface area contributed by atoms with Gasteiger partial charge in [0, 0.05) is 28.6 Å². The van der Waals surface area contributed by atoms with Crippen LogP contribution in [-0.2, 0) is 23.4 Å². The zero-order chi connectivity index (χ0) is 30.5. The van der Waals surface area contributed by atoms with E-state index >= 15 is 0 Å². The molecule has 218 valence electrons. The summed E-state index contributed by atoms with van der Waals surface area (Å²) in [4.78, 5) is 4.49. The lowest BCUT2D eigenvalue weighted by atomic mass is 9.87. The smallest absolute Gasteiger partial charge is 0.168 e. The van der Waals surface area contributed by atoms with Crippen molar-refractivity contribution in [2.24, 2.45) is 0 Å². The van der Waals surface area contributed by atoms with E-state index < -0.39 is 0 Å². The molecule has 0 bridgehead atoms. The Balaban J connectivity index is 1.29. The summed E-state index contributed by atoms with van der Waals surface area (Å²) in [7, 11) is 0. The van der Waals surface area contributed by atoms with Crippen LogP contribution in [0.15, 0.2) is 128 Å². The molecule has 6 rings (SSSR count). The number of nitrogens with zero attached hydrogens (tertiary/aromatic N) is 4. The Hall–Kier alpha value is -5.13. The highest BCUT2D eigenvalue weighted by Crippen LogP contribution is 2.31. The molecule has 5 heteroatoms. The van der Waals surface area contributed by atoms with Gasteiger partial charge in [-0.1, -0.05) is 124 Å². The van der Waals surface area contributed by atoms with Gasteiger partial charge in [0.15, 0.2) is 11.6 Å². The van der Waals surface area contributed by atoms with Gasteiger partial charge in [0.25, 0.3) is 0 Å². The first kappa shape index (κ1) is 29.0. The Labute approximate surface area is 259 Å². The van der Waals surface area contributed by atoms with Crippen LogP contribution in [0.3, 0.4) is 0 Å². The molecule has 0 aliphatic carbocycles. The summed E-state index contributed by atoms with van der Waals surface area (Å²) in [5, 5.41) is 9.40. The lowest BCUT2D eigenvalue weighted by Gasteiger charge is -2.20. The van der Waals surface area contributed by atoms with Crippen molar-refractivity contribution in [3.8, 4) is 39.7 Å². The second-order valence-corrected chi connectivity index (χ2v) is 11.9. The topological polar surface area (TPSA) is 52.8 Å². The summed E-state index contributed by atoms with van der Waals surface area (Å²) in [6.45, 7) is 11.6. The largest absolute Gasteiger partial charge is 0.372 e. The zero-order valence-corrected chi connectivity index (χ0v) is 25.4. The fourth-order valence-electron chi connectivity index (χ4n) is 5.12. The van der Waals surface area contributed by atoms with Crippen molar-refractivity contribution in [2.75, 3.05) is 0 Å². The van der Waals surface area contributed by atoms with Crippen molar-refractivity contribution in [1.82, 2.24) is 19.7 Å². The van der Waals surface area contributed by atoms with Gasteiger partial charge < -0.3 is 4.74 Å². The molecule has 0 unspecified atom stereocenters. The molecule has 0 saturated carbocycles. The fourth-order valence-corrected chi connectivity index (χ4v) is 5.12. The fraction of sp³-hybridized carbons (Fsp3) is 0.154. The maximum Gasteiger partial charge on any atom is 0.168 e. The molecule has 0 radical (unpaired) electrons. The molecule has 0 atom stereocenters. The monoisotopic (exact) mass is 576 g/mol. The highest BCUT2D eigenvalue weighted by atomic mass is 16.5. The third kappa shape index (κ3) is 6.43. The van der Waals surface area contributed by atoms with Gasteiger partial charge in [0.2, 0.25) is 0 Å². The van der Waals surface area contributed by atoms with Crippen LogP contribution < -0.4 is 0 Å². The van der Waals surface area contributed by atoms with E-state index in [1.807, 2.05) is 30.5 Å². The predicted molar refractivity (Wildman–Crippen MR) is 179 cm³/mol. The van der Waals surface area contributed by atoms with Crippen molar-refractivity contribution >= 4 is 6.08 Å². The van der Waals surface area contributed by atoms with Crippen molar-refractivity contribution < 1.29 is 4.74 Å². The molecule has 0 aliphatic heterocycles. The molecule has 2 aromatic heterocycles. The summed E-state index contributed by atoms with van der Waals surface area (Å²) in [6, 6.07) is 39.6. The van der Waals surface area contributed by atoms with E-state index in [0.717, 1.165) is 56.4 Å². The Kier molecular flexibility index (Phi) is 8.31. The van der Waals surface area contributed by atoms with E-state index in [2.05, 4.69) is 134 Å². The maximum atomic E-state index is 6.00. The Bertz CT molecular complexity index is 1830. The lowest BCUT2D eigenvalue weighted by molar-refractivity contribution is 0.107. The first-order valence-electron chi connectivity index (χ1n) is 14.9. The van der Waals surface area contributed by atoms with Crippen LogP contribution in [0.4, 0.5) is 0 Å². The Morgan fingerprint density at radius 3 is 1.73 bits per heavy atom. The van der Waals surface area contributed by atoms with Gasteiger partial charge in [0.05, 0.1) is 18.9 Å². The third-order valence-corrected chi connectivity index (χ3v) is 7.72.